The summed E-state index contributed by atoms with van der Waals surface area (Å²) in [5, 5.41) is 1.11. The Hall–Kier alpha value is -3.60. The summed E-state index contributed by atoms with van der Waals surface area (Å²) in [5.41, 5.74) is 6.79. The number of benzene rings is 2. The summed E-state index contributed by atoms with van der Waals surface area (Å²) in [5.74, 6) is -0.317. The highest BCUT2D eigenvalue weighted by Crippen LogP contribution is 2.51. The van der Waals surface area contributed by atoms with E-state index in [1.807, 2.05) is 12.1 Å². The fraction of sp³-hybridized carbons (Fsp3) is 0.375. The van der Waals surface area contributed by atoms with Crippen LogP contribution in [-0.4, -0.2) is 28.6 Å². The summed E-state index contributed by atoms with van der Waals surface area (Å²) < 4.78 is 8.95. The molecule has 5 nitrogen and oxygen atoms in total. The van der Waals surface area contributed by atoms with E-state index in [4.69, 9.17) is 9.72 Å². The number of rotatable bonds is 9. The summed E-state index contributed by atoms with van der Waals surface area (Å²) >= 11 is 0. The molecule has 2 aromatic carbocycles. The Morgan fingerprint density at radius 1 is 1.00 bits per heavy atom. The van der Waals surface area contributed by atoms with Gasteiger partial charge >= 0.3 is 5.97 Å². The Kier molecular flexibility index (Phi) is 6.80. The first kappa shape index (κ1) is 25.1. The zero-order valence-corrected chi connectivity index (χ0v) is 22.7. The minimum Gasteiger partial charge on any atom is -0.439 e. The molecule has 0 fully saturated rings. The second kappa shape index (κ2) is 10.0. The Bertz CT molecular complexity index is 1450. The Morgan fingerprint density at radius 2 is 1.78 bits per heavy atom. The second-order valence-electron chi connectivity index (χ2n) is 9.82. The molecule has 0 saturated heterocycles. The van der Waals surface area contributed by atoms with E-state index < -0.39 is 5.60 Å². The molecule has 0 amide bonds. The van der Waals surface area contributed by atoms with Crippen molar-refractivity contribution >= 4 is 22.6 Å². The SMILES string of the molecule is CCCCn1c(C)c(C2(c3ccc(N(CC)CC)cc3CC)OC(=O)c3cccnc32)c2ccccc21. The molecule has 1 unspecified atom stereocenters. The van der Waals surface area contributed by atoms with E-state index in [9.17, 15) is 4.79 Å². The van der Waals surface area contributed by atoms with Crippen LogP contribution in [0.2, 0.25) is 0 Å². The van der Waals surface area contributed by atoms with Crippen molar-refractivity contribution in [2.75, 3.05) is 18.0 Å². The van der Waals surface area contributed by atoms with E-state index in [2.05, 4.69) is 86.6 Å². The van der Waals surface area contributed by atoms with E-state index in [1.165, 1.54) is 16.8 Å². The smallest absolute Gasteiger partial charge is 0.341 e. The molecule has 4 aromatic rings. The molecular weight excluding hydrogens is 458 g/mol. The number of unbranched alkanes of at least 4 members (excludes halogenated alkanes) is 1. The van der Waals surface area contributed by atoms with E-state index in [0.29, 0.717) is 11.3 Å². The second-order valence-corrected chi connectivity index (χ2v) is 9.82. The lowest BCUT2D eigenvalue weighted by atomic mass is 9.78. The van der Waals surface area contributed by atoms with Crippen LogP contribution in [-0.2, 0) is 23.3 Å². The highest BCUT2D eigenvalue weighted by molar-refractivity contribution is 5.98. The first-order valence-electron chi connectivity index (χ1n) is 13.7. The van der Waals surface area contributed by atoms with Crippen molar-refractivity contribution in [1.82, 2.24) is 9.55 Å². The van der Waals surface area contributed by atoms with Gasteiger partial charge in [0.15, 0.2) is 0 Å². The maximum absolute atomic E-state index is 13.4. The molecule has 0 bridgehead atoms. The molecule has 1 aliphatic heterocycles. The van der Waals surface area contributed by atoms with Gasteiger partial charge in [-0.2, -0.15) is 0 Å². The molecule has 5 heteroatoms. The molecule has 37 heavy (non-hydrogen) atoms. The van der Waals surface area contributed by atoms with Crippen LogP contribution in [0.5, 0.6) is 0 Å². The number of carbonyl (C=O) groups excluding carboxylic acids is 1. The molecule has 0 N–H and O–H groups in total. The van der Waals surface area contributed by atoms with Crippen LogP contribution in [0.25, 0.3) is 10.9 Å². The number of hydrogen-bond donors (Lipinski definition) is 0. The van der Waals surface area contributed by atoms with Crippen molar-refractivity contribution in [3.05, 3.63) is 94.4 Å². The minimum atomic E-state index is -1.11. The average molecular weight is 496 g/mol. The van der Waals surface area contributed by atoms with E-state index in [1.54, 1.807) is 6.20 Å². The van der Waals surface area contributed by atoms with Crippen LogP contribution >= 0.6 is 0 Å². The number of esters is 1. The molecule has 0 spiro atoms. The number of pyridine rings is 1. The Morgan fingerprint density at radius 3 is 2.51 bits per heavy atom. The number of nitrogens with zero attached hydrogens (tertiary/aromatic N) is 3. The topological polar surface area (TPSA) is 47.4 Å². The highest BCUT2D eigenvalue weighted by Gasteiger charge is 2.53. The number of carbonyl (C=O) groups is 1. The van der Waals surface area contributed by atoms with Crippen molar-refractivity contribution in [1.29, 1.82) is 0 Å². The first-order chi connectivity index (χ1) is 18.0. The van der Waals surface area contributed by atoms with Gasteiger partial charge in [0.1, 0.15) is 5.69 Å². The van der Waals surface area contributed by atoms with Crippen molar-refractivity contribution in [3.8, 4) is 0 Å². The summed E-state index contributed by atoms with van der Waals surface area (Å²) in [6, 6.07) is 18.8. The summed E-state index contributed by atoms with van der Waals surface area (Å²) in [6.07, 6.45) is 4.79. The number of aromatic nitrogens is 2. The van der Waals surface area contributed by atoms with Crippen LogP contribution in [0.3, 0.4) is 0 Å². The molecule has 1 atom stereocenters. The van der Waals surface area contributed by atoms with Crippen LogP contribution in [0, 0.1) is 6.92 Å². The molecular formula is C32H37N3O2. The standard InChI is InChI=1S/C32H37N3O2/c1-6-10-20-35-22(5)29(25-14-11-12-16-28(25)35)32(30-26(31(36)37-32)15-13-19-33-30)27-18-17-24(21-23(27)7-2)34(8-3)9-4/h11-19,21H,6-10,20H2,1-5H3. The maximum atomic E-state index is 13.4. The lowest BCUT2D eigenvalue weighted by Crippen LogP contribution is -2.33. The van der Waals surface area contributed by atoms with Crippen molar-refractivity contribution < 1.29 is 9.53 Å². The molecule has 192 valence electrons. The normalized spacial score (nSPS) is 16.7. The minimum absolute atomic E-state index is 0.317. The molecule has 5 rings (SSSR count). The first-order valence-corrected chi connectivity index (χ1v) is 13.7. The summed E-state index contributed by atoms with van der Waals surface area (Å²) in [6.45, 7) is 13.7. The van der Waals surface area contributed by atoms with Crippen LogP contribution in [0.15, 0.2) is 60.8 Å². The third-order valence-corrected chi connectivity index (χ3v) is 7.90. The zero-order chi connectivity index (χ0) is 26.2. The van der Waals surface area contributed by atoms with Gasteiger partial charge in [-0.25, -0.2) is 4.79 Å². The van der Waals surface area contributed by atoms with Gasteiger partial charge in [-0.05, 0) is 69.5 Å². The average Bonchev–Trinajstić information content (AvgIpc) is 3.39. The van der Waals surface area contributed by atoms with Gasteiger partial charge in [0.25, 0.3) is 0 Å². The number of aryl methyl sites for hydroxylation is 2. The number of ether oxygens (including phenoxy) is 1. The number of anilines is 1. The monoisotopic (exact) mass is 495 g/mol. The maximum Gasteiger partial charge on any atom is 0.341 e. The molecule has 0 aliphatic carbocycles. The third-order valence-electron chi connectivity index (χ3n) is 7.90. The molecule has 1 aliphatic rings. The van der Waals surface area contributed by atoms with E-state index >= 15 is 0 Å². The highest BCUT2D eigenvalue weighted by atomic mass is 16.6. The summed E-state index contributed by atoms with van der Waals surface area (Å²) in [4.78, 5) is 20.6. The van der Waals surface area contributed by atoms with Gasteiger partial charge in [-0.3, -0.25) is 4.98 Å². The molecule has 0 radical (unpaired) electrons. The lowest BCUT2D eigenvalue weighted by Gasteiger charge is -2.32. The molecule has 3 heterocycles. The van der Waals surface area contributed by atoms with Crippen LogP contribution in [0.4, 0.5) is 5.69 Å². The summed E-state index contributed by atoms with van der Waals surface area (Å²) in [7, 11) is 0. The predicted octanol–water partition coefficient (Wildman–Crippen LogP) is 7.02. The van der Waals surface area contributed by atoms with Gasteiger partial charge in [-0.15, -0.1) is 0 Å². The number of para-hydroxylation sites is 1. The Balaban J connectivity index is 1.87. The van der Waals surface area contributed by atoms with Gasteiger partial charge in [-0.1, -0.05) is 44.5 Å². The molecule has 0 saturated carbocycles. The van der Waals surface area contributed by atoms with Crippen LogP contribution < -0.4 is 4.90 Å². The number of cyclic esters (lactones) is 1. The van der Waals surface area contributed by atoms with E-state index in [0.717, 1.165) is 61.1 Å². The molecule has 2 aromatic heterocycles. The fourth-order valence-electron chi connectivity index (χ4n) is 6.06. The van der Waals surface area contributed by atoms with Gasteiger partial charge in [0.2, 0.25) is 5.60 Å². The predicted molar refractivity (Wildman–Crippen MR) is 150 cm³/mol. The third kappa shape index (κ3) is 3.83. The van der Waals surface area contributed by atoms with Gasteiger partial charge in [0, 0.05) is 59.2 Å². The zero-order valence-electron chi connectivity index (χ0n) is 22.7. The van der Waals surface area contributed by atoms with E-state index in [-0.39, 0.29) is 5.97 Å². The fourth-order valence-corrected chi connectivity index (χ4v) is 6.06. The number of fused-ring (bicyclic) bond motifs is 2. The van der Waals surface area contributed by atoms with Crippen molar-refractivity contribution in [3.63, 3.8) is 0 Å². The van der Waals surface area contributed by atoms with Crippen molar-refractivity contribution in [2.24, 2.45) is 0 Å². The van der Waals surface area contributed by atoms with Gasteiger partial charge in [0.05, 0.1) is 5.56 Å². The van der Waals surface area contributed by atoms with Crippen LogP contribution in [0.1, 0.15) is 79.0 Å². The number of hydrogen-bond acceptors (Lipinski definition) is 4. The quantitative estimate of drug-likeness (QED) is 0.234. The largest absolute Gasteiger partial charge is 0.439 e. The van der Waals surface area contributed by atoms with Gasteiger partial charge < -0.3 is 14.2 Å². The van der Waals surface area contributed by atoms with Crippen molar-refractivity contribution in [2.45, 2.75) is 66.0 Å². The lowest BCUT2D eigenvalue weighted by molar-refractivity contribution is 0.0243. The Labute approximate surface area is 220 Å².